The van der Waals surface area contributed by atoms with E-state index in [1.807, 2.05) is 31.2 Å². The van der Waals surface area contributed by atoms with E-state index in [1.165, 1.54) is 28.0 Å². The topological polar surface area (TPSA) is 120 Å². The molecule has 6 rings (SSSR count). The molecule has 4 aromatic rings. The van der Waals surface area contributed by atoms with Gasteiger partial charge in [0.05, 0.1) is 24.8 Å². The first kappa shape index (κ1) is 32.7. The third kappa shape index (κ3) is 7.04. The van der Waals surface area contributed by atoms with Crippen molar-refractivity contribution in [2.75, 3.05) is 31.3 Å². The number of fused-ring (bicyclic) bond motifs is 1. The van der Waals surface area contributed by atoms with E-state index in [0.717, 1.165) is 18.4 Å². The summed E-state index contributed by atoms with van der Waals surface area (Å²) in [6.45, 7) is 5.58. The Bertz CT molecular complexity index is 1810. The maximum Gasteiger partial charge on any atom is 0.301 e. The van der Waals surface area contributed by atoms with E-state index < -0.39 is 17.7 Å². The average molecular weight is 694 g/mol. The number of hydrogen-bond acceptors (Lipinski definition) is 11. The molecule has 1 unspecified atom stereocenters. The number of hydrogen-bond donors (Lipinski definition) is 1. The molecular weight excluding hydrogens is 662 g/mol. The number of ether oxygens (including phenoxy) is 4. The number of nitrogens with zero attached hydrogens (tertiary/aromatic N) is 3. The van der Waals surface area contributed by atoms with Crippen molar-refractivity contribution in [3.05, 3.63) is 87.9 Å². The van der Waals surface area contributed by atoms with Crippen molar-refractivity contribution in [1.82, 2.24) is 10.2 Å². The van der Waals surface area contributed by atoms with Gasteiger partial charge in [0, 0.05) is 16.3 Å². The normalized spacial score (nSPS) is 16.8. The van der Waals surface area contributed by atoms with E-state index >= 15 is 0 Å². The zero-order chi connectivity index (χ0) is 32.9. The third-order valence-electron chi connectivity index (χ3n) is 7.48. The van der Waals surface area contributed by atoms with Crippen LogP contribution in [0.3, 0.4) is 0 Å². The molecule has 3 heterocycles. The van der Waals surface area contributed by atoms with Gasteiger partial charge < -0.3 is 24.1 Å². The van der Waals surface area contributed by atoms with E-state index in [2.05, 4.69) is 17.1 Å². The predicted octanol–water partition coefficient (Wildman–Crippen LogP) is 7.46. The van der Waals surface area contributed by atoms with Gasteiger partial charge in [0.1, 0.15) is 19.0 Å². The lowest BCUT2D eigenvalue weighted by Crippen LogP contribution is -2.29. The van der Waals surface area contributed by atoms with Gasteiger partial charge in [0.2, 0.25) is 5.13 Å². The zero-order valence-corrected chi connectivity index (χ0v) is 28.1. The van der Waals surface area contributed by atoms with Gasteiger partial charge >= 0.3 is 5.91 Å². The highest BCUT2D eigenvalue weighted by molar-refractivity contribution is 8.00. The van der Waals surface area contributed by atoms with Gasteiger partial charge in [-0.1, -0.05) is 66.2 Å². The quantitative estimate of drug-likeness (QED) is 0.0400. The number of carbonyl (C=O) groups is 2. The summed E-state index contributed by atoms with van der Waals surface area (Å²) in [5, 5.41) is 21.2. The van der Waals surface area contributed by atoms with Gasteiger partial charge in [0.15, 0.2) is 27.3 Å². The fourth-order valence-electron chi connectivity index (χ4n) is 5.18. The molecule has 1 amide bonds. The van der Waals surface area contributed by atoms with Crippen molar-refractivity contribution in [2.24, 2.45) is 0 Å². The van der Waals surface area contributed by atoms with E-state index in [-0.39, 0.29) is 16.5 Å². The van der Waals surface area contributed by atoms with Crippen LogP contribution in [0.1, 0.15) is 49.4 Å². The lowest BCUT2D eigenvalue weighted by Gasteiger charge is -2.24. The number of amides is 1. The second-order valence-electron chi connectivity index (χ2n) is 10.6. The molecule has 10 nitrogen and oxygen atoms in total. The fourth-order valence-corrected chi connectivity index (χ4v) is 7.13. The van der Waals surface area contributed by atoms with Crippen LogP contribution in [-0.2, 0) is 15.3 Å². The highest BCUT2D eigenvalue weighted by Gasteiger charge is 2.48. The monoisotopic (exact) mass is 693 g/mol. The summed E-state index contributed by atoms with van der Waals surface area (Å²) in [7, 11) is 0. The molecule has 1 N–H and O–H groups in total. The second kappa shape index (κ2) is 14.7. The van der Waals surface area contributed by atoms with Crippen LogP contribution < -0.4 is 23.8 Å². The summed E-state index contributed by atoms with van der Waals surface area (Å²) in [4.78, 5) is 28.9. The predicted molar refractivity (Wildman–Crippen MR) is 181 cm³/mol. The molecule has 2 aliphatic rings. The Balaban J connectivity index is 1.41. The van der Waals surface area contributed by atoms with E-state index in [1.54, 1.807) is 36.4 Å². The standard InChI is InChI=1S/C34H32ClN3O7S2/c1-3-5-14-43-24-12-8-21(17-26(24)42-4-2)29-28(30(39)22-9-13-25-27(18-22)45-16-15-44-25)31(40)32(41)38(29)33-36-37-34(47-33)46-19-20-6-10-23(35)11-7-20/h6-13,17-18,29,39H,3-5,14-16,19H2,1-2H3/b30-28-. The maximum absolute atomic E-state index is 13.8. The van der Waals surface area contributed by atoms with Crippen molar-refractivity contribution in [1.29, 1.82) is 0 Å². The molecule has 47 heavy (non-hydrogen) atoms. The summed E-state index contributed by atoms with van der Waals surface area (Å²) in [6.07, 6.45) is 1.84. The molecule has 2 aliphatic heterocycles. The Hall–Kier alpha value is -4.26. The number of aliphatic hydroxyl groups excluding tert-OH is 1. The van der Waals surface area contributed by atoms with Crippen LogP contribution in [0, 0.1) is 0 Å². The molecule has 0 saturated carbocycles. The number of aromatic nitrogens is 2. The molecule has 1 atom stereocenters. The largest absolute Gasteiger partial charge is 0.507 e. The SMILES string of the molecule is CCCCOc1ccc(C2/C(=C(/O)c3ccc4c(c3)OCCO4)C(=O)C(=O)N2c2nnc(SCc3ccc(Cl)cc3)s2)cc1OCC. The number of anilines is 1. The number of ketones is 1. The van der Waals surface area contributed by atoms with Gasteiger partial charge in [-0.15, -0.1) is 10.2 Å². The maximum atomic E-state index is 13.8. The first-order valence-corrected chi connectivity index (χ1v) is 17.4. The molecule has 0 aliphatic carbocycles. The van der Waals surface area contributed by atoms with Crippen LogP contribution in [0.4, 0.5) is 5.13 Å². The summed E-state index contributed by atoms with van der Waals surface area (Å²) < 4.78 is 23.9. The highest BCUT2D eigenvalue weighted by atomic mass is 35.5. The van der Waals surface area contributed by atoms with Crippen LogP contribution >= 0.6 is 34.7 Å². The minimum Gasteiger partial charge on any atom is -0.507 e. The molecule has 1 saturated heterocycles. The molecule has 13 heteroatoms. The van der Waals surface area contributed by atoms with Crippen molar-refractivity contribution < 1.29 is 33.6 Å². The minimum atomic E-state index is -1.03. The number of aliphatic hydroxyl groups is 1. The molecule has 3 aromatic carbocycles. The Kier molecular flexibility index (Phi) is 10.2. The molecule has 1 aromatic heterocycles. The molecule has 0 spiro atoms. The van der Waals surface area contributed by atoms with Gasteiger partial charge in [0.25, 0.3) is 5.78 Å². The number of unbranched alkanes of at least 4 members (excludes halogenated alkanes) is 1. The Morgan fingerprint density at radius 2 is 1.79 bits per heavy atom. The molecular formula is C34H32ClN3O7S2. The number of carbonyl (C=O) groups excluding carboxylic acids is 2. The fraction of sp³-hybridized carbons (Fsp3) is 0.294. The van der Waals surface area contributed by atoms with Crippen molar-refractivity contribution in [3.8, 4) is 23.0 Å². The Morgan fingerprint density at radius 1 is 1.00 bits per heavy atom. The lowest BCUT2D eigenvalue weighted by atomic mass is 9.95. The first-order valence-electron chi connectivity index (χ1n) is 15.2. The number of benzene rings is 3. The molecule has 244 valence electrons. The van der Waals surface area contributed by atoms with E-state index in [0.29, 0.717) is 75.7 Å². The zero-order valence-electron chi connectivity index (χ0n) is 25.7. The van der Waals surface area contributed by atoms with Gasteiger partial charge in [-0.3, -0.25) is 14.5 Å². The molecule has 0 radical (unpaired) electrons. The lowest BCUT2D eigenvalue weighted by molar-refractivity contribution is -0.132. The van der Waals surface area contributed by atoms with Crippen LogP contribution in [0.15, 0.2) is 70.6 Å². The van der Waals surface area contributed by atoms with E-state index in [4.69, 9.17) is 30.5 Å². The number of thioether (sulfide) groups is 1. The smallest absolute Gasteiger partial charge is 0.301 e. The summed E-state index contributed by atoms with van der Waals surface area (Å²) in [5.41, 5.74) is 1.78. The average Bonchev–Trinajstić information content (AvgIpc) is 3.66. The molecule has 0 bridgehead atoms. The van der Waals surface area contributed by atoms with Gasteiger partial charge in [-0.05, 0) is 66.9 Å². The summed E-state index contributed by atoms with van der Waals surface area (Å²) >= 11 is 8.66. The number of rotatable bonds is 12. The minimum absolute atomic E-state index is 0.0978. The van der Waals surface area contributed by atoms with Crippen LogP contribution in [0.5, 0.6) is 23.0 Å². The van der Waals surface area contributed by atoms with Crippen LogP contribution in [0.25, 0.3) is 5.76 Å². The van der Waals surface area contributed by atoms with Crippen molar-refractivity contribution in [3.63, 3.8) is 0 Å². The highest BCUT2D eigenvalue weighted by Crippen LogP contribution is 2.46. The van der Waals surface area contributed by atoms with Crippen LogP contribution in [0.2, 0.25) is 5.02 Å². The first-order chi connectivity index (χ1) is 22.9. The summed E-state index contributed by atoms with van der Waals surface area (Å²) in [6, 6.07) is 16.6. The van der Waals surface area contributed by atoms with E-state index in [9.17, 15) is 14.7 Å². The summed E-state index contributed by atoms with van der Waals surface area (Å²) in [5.74, 6) is 0.542. The third-order valence-corrected chi connectivity index (χ3v) is 9.86. The van der Waals surface area contributed by atoms with Gasteiger partial charge in [-0.2, -0.15) is 0 Å². The van der Waals surface area contributed by atoms with Crippen molar-refractivity contribution in [2.45, 2.75) is 42.8 Å². The van der Waals surface area contributed by atoms with Crippen molar-refractivity contribution >= 4 is 57.3 Å². The second-order valence-corrected chi connectivity index (χ2v) is 13.2. The molecule has 1 fully saturated rings. The van der Waals surface area contributed by atoms with Crippen LogP contribution in [-0.4, -0.2) is 53.4 Å². The number of Topliss-reactive ketones (excluding diaryl/α,β-unsaturated/α-hetero) is 1. The Morgan fingerprint density at radius 3 is 2.55 bits per heavy atom. The Labute approximate surface area is 285 Å². The van der Waals surface area contributed by atoms with Gasteiger partial charge in [-0.25, -0.2) is 0 Å². The number of halogens is 1.